The SMILES string of the molecule is CCCCCCCCCN1CCC(Cc2cc(Cl)c(N)c3c2C(C(=O)O)COO3)CC1. The summed E-state index contributed by atoms with van der Waals surface area (Å²) in [4.78, 5) is 24.6. The van der Waals surface area contributed by atoms with Crippen molar-refractivity contribution in [2.75, 3.05) is 32.0 Å². The van der Waals surface area contributed by atoms with Crippen LogP contribution in [0.4, 0.5) is 5.69 Å². The third kappa shape index (κ3) is 6.50. The smallest absolute Gasteiger partial charge is 0.313 e. The Hall–Kier alpha value is -1.50. The van der Waals surface area contributed by atoms with E-state index in [1.807, 2.05) is 6.07 Å². The second-order valence-electron chi connectivity index (χ2n) is 9.04. The number of carboxylic acid groups (broad SMARTS) is 1. The van der Waals surface area contributed by atoms with Gasteiger partial charge < -0.3 is 20.6 Å². The summed E-state index contributed by atoms with van der Waals surface area (Å²) in [5.74, 6) is -0.934. The van der Waals surface area contributed by atoms with Gasteiger partial charge in [0, 0.05) is 5.56 Å². The molecule has 0 aliphatic carbocycles. The Balaban J connectivity index is 1.52. The molecule has 0 spiro atoms. The third-order valence-corrected chi connectivity index (χ3v) is 7.02. The number of hydrogen-bond acceptors (Lipinski definition) is 5. The summed E-state index contributed by atoms with van der Waals surface area (Å²) < 4.78 is 0. The van der Waals surface area contributed by atoms with Crippen LogP contribution in [0, 0.1) is 5.92 Å². The normalized spacial score (nSPS) is 19.7. The van der Waals surface area contributed by atoms with Gasteiger partial charge in [-0.2, -0.15) is 4.89 Å². The van der Waals surface area contributed by atoms with E-state index in [1.165, 1.54) is 51.5 Å². The number of anilines is 1. The van der Waals surface area contributed by atoms with Gasteiger partial charge in [0.05, 0.1) is 10.7 Å². The number of hydrogen-bond donors (Lipinski definition) is 2. The molecule has 2 aliphatic heterocycles. The van der Waals surface area contributed by atoms with E-state index in [0.29, 0.717) is 16.5 Å². The standard InChI is InChI=1S/C24H37ClN2O4/c1-2-3-4-5-6-7-8-11-27-12-9-17(10-13-27)14-18-15-20(25)22(26)23-21(18)19(24(28)29)16-30-31-23/h15,17,19H,2-14,16,26H2,1H3,(H,28,29). The molecule has 1 atom stereocenters. The van der Waals surface area contributed by atoms with E-state index >= 15 is 0 Å². The number of aliphatic carboxylic acids is 1. The highest BCUT2D eigenvalue weighted by Crippen LogP contribution is 2.44. The molecule has 1 saturated heterocycles. The molecular weight excluding hydrogens is 416 g/mol. The van der Waals surface area contributed by atoms with Gasteiger partial charge in [-0.1, -0.05) is 57.0 Å². The Labute approximate surface area is 191 Å². The summed E-state index contributed by atoms with van der Waals surface area (Å²) in [5, 5.41) is 10.0. The Morgan fingerprint density at radius 1 is 1.19 bits per heavy atom. The van der Waals surface area contributed by atoms with Crippen LogP contribution in [0.25, 0.3) is 0 Å². The molecule has 0 saturated carbocycles. The molecule has 7 heteroatoms. The van der Waals surface area contributed by atoms with Gasteiger partial charge >= 0.3 is 5.97 Å². The zero-order valence-corrected chi connectivity index (χ0v) is 19.5. The summed E-state index contributed by atoms with van der Waals surface area (Å²) in [7, 11) is 0. The highest BCUT2D eigenvalue weighted by atomic mass is 35.5. The van der Waals surface area contributed by atoms with Crippen molar-refractivity contribution < 1.29 is 19.7 Å². The second-order valence-corrected chi connectivity index (χ2v) is 9.45. The number of rotatable bonds is 11. The minimum Gasteiger partial charge on any atom is -0.481 e. The number of likely N-dealkylation sites (tertiary alicyclic amines) is 1. The lowest BCUT2D eigenvalue weighted by Crippen LogP contribution is -2.35. The van der Waals surface area contributed by atoms with Crippen LogP contribution in [0.3, 0.4) is 0 Å². The Bertz CT molecular complexity index is 735. The molecule has 1 fully saturated rings. The fraction of sp³-hybridized carbons (Fsp3) is 0.708. The Kier molecular flexibility index (Phi) is 9.30. The zero-order valence-electron chi connectivity index (χ0n) is 18.7. The average Bonchev–Trinajstić information content (AvgIpc) is 2.77. The molecular formula is C24H37ClN2O4. The Morgan fingerprint density at radius 2 is 1.87 bits per heavy atom. The summed E-state index contributed by atoms with van der Waals surface area (Å²) in [6.45, 7) is 5.64. The first-order valence-electron chi connectivity index (χ1n) is 11.9. The molecule has 2 aliphatic rings. The van der Waals surface area contributed by atoms with E-state index in [9.17, 15) is 9.90 Å². The summed E-state index contributed by atoms with van der Waals surface area (Å²) in [6, 6.07) is 1.82. The van der Waals surface area contributed by atoms with Gasteiger partial charge in [-0.15, -0.1) is 0 Å². The second kappa shape index (κ2) is 11.9. The minimum atomic E-state index is -0.933. The topological polar surface area (TPSA) is 85.0 Å². The lowest BCUT2D eigenvalue weighted by Gasteiger charge is -2.33. The molecule has 1 aromatic carbocycles. The largest absolute Gasteiger partial charge is 0.481 e. The fourth-order valence-electron chi connectivity index (χ4n) is 4.81. The number of carboxylic acids is 1. The van der Waals surface area contributed by atoms with Gasteiger partial charge in [0.1, 0.15) is 12.5 Å². The van der Waals surface area contributed by atoms with Gasteiger partial charge in [-0.25, -0.2) is 0 Å². The highest BCUT2D eigenvalue weighted by molar-refractivity contribution is 6.33. The number of nitrogens with zero attached hydrogens (tertiary/aromatic N) is 1. The lowest BCUT2D eigenvalue weighted by molar-refractivity contribution is -0.222. The molecule has 1 unspecified atom stereocenters. The van der Waals surface area contributed by atoms with Crippen LogP contribution in [0.15, 0.2) is 6.07 Å². The number of carbonyl (C=O) groups is 1. The van der Waals surface area contributed by atoms with Crippen molar-refractivity contribution in [2.45, 2.75) is 77.0 Å². The van der Waals surface area contributed by atoms with Crippen LogP contribution in [0.1, 0.15) is 81.8 Å². The first-order valence-corrected chi connectivity index (χ1v) is 12.2. The van der Waals surface area contributed by atoms with Gasteiger partial charge in [-0.3, -0.25) is 4.79 Å². The number of benzene rings is 1. The first kappa shape index (κ1) is 24.1. The molecule has 6 nitrogen and oxygen atoms in total. The first-order chi connectivity index (χ1) is 15.0. The van der Waals surface area contributed by atoms with Crippen LogP contribution < -0.4 is 10.6 Å². The monoisotopic (exact) mass is 452 g/mol. The van der Waals surface area contributed by atoms with Crippen molar-refractivity contribution in [2.24, 2.45) is 5.92 Å². The fourth-order valence-corrected chi connectivity index (χ4v) is 5.02. The molecule has 31 heavy (non-hydrogen) atoms. The third-order valence-electron chi connectivity index (χ3n) is 6.71. The van der Waals surface area contributed by atoms with E-state index in [2.05, 4.69) is 11.8 Å². The number of nitrogen functional groups attached to an aromatic ring is 1. The summed E-state index contributed by atoms with van der Waals surface area (Å²) in [6.07, 6.45) is 12.4. The molecule has 0 radical (unpaired) electrons. The van der Waals surface area contributed by atoms with Crippen molar-refractivity contribution in [3.63, 3.8) is 0 Å². The van der Waals surface area contributed by atoms with Gasteiger partial charge in [0.15, 0.2) is 5.75 Å². The number of halogens is 1. The molecule has 174 valence electrons. The van der Waals surface area contributed by atoms with Crippen molar-refractivity contribution in [1.82, 2.24) is 4.90 Å². The zero-order chi connectivity index (χ0) is 22.2. The van der Waals surface area contributed by atoms with Crippen LogP contribution in [-0.4, -0.2) is 42.2 Å². The van der Waals surface area contributed by atoms with Gasteiger partial charge in [0.25, 0.3) is 0 Å². The average molecular weight is 453 g/mol. The maximum absolute atomic E-state index is 11.8. The summed E-state index contributed by atoms with van der Waals surface area (Å²) in [5.41, 5.74) is 7.84. The molecule has 0 bridgehead atoms. The quantitative estimate of drug-likeness (QED) is 0.265. The van der Waals surface area contributed by atoms with E-state index in [1.54, 1.807) is 0 Å². The van der Waals surface area contributed by atoms with E-state index < -0.39 is 11.9 Å². The number of unbranched alkanes of at least 4 members (excludes halogenated alkanes) is 6. The number of nitrogens with two attached hydrogens (primary N) is 1. The van der Waals surface area contributed by atoms with Crippen molar-refractivity contribution >= 4 is 23.3 Å². The summed E-state index contributed by atoms with van der Waals surface area (Å²) >= 11 is 6.31. The molecule has 3 N–H and O–H groups in total. The molecule has 2 heterocycles. The van der Waals surface area contributed by atoms with Gasteiger partial charge in [-0.05, 0) is 62.9 Å². The molecule has 3 rings (SSSR count). The van der Waals surface area contributed by atoms with Crippen LogP contribution in [0.2, 0.25) is 5.02 Å². The van der Waals surface area contributed by atoms with Crippen LogP contribution in [-0.2, 0) is 16.1 Å². The van der Waals surface area contributed by atoms with Gasteiger partial charge in [0.2, 0.25) is 0 Å². The minimum absolute atomic E-state index is 0.0205. The maximum Gasteiger partial charge on any atom is 0.313 e. The number of fused-ring (bicyclic) bond motifs is 1. The predicted octanol–water partition coefficient (Wildman–Crippen LogP) is 5.42. The lowest BCUT2D eigenvalue weighted by atomic mass is 9.84. The van der Waals surface area contributed by atoms with Crippen molar-refractivity contribution in [3.8, 4) is 5.75 Å². The number of piperidine rings is 1. The molecule has 1 aromatic rings. The predicted molar refractivity (Wildman–Crippen MR) is 124 cm³/mol. The van der Waals surface area contributed by atoms with Crippen molar-refractivity contribution in [3.05, 3.63) is 22.2 Å². The highest BCUT2D eigenvalue weighted by Gasteiger charge is 2.35. The van der Waals surface area contributed by atoms with Crippen molar-refractivity contribution in [1.29, 1.82) is 0 Å². The van der Waals surface area contributed by atoms with Crippen LogP contribution >= 0.6 is 11.6 Å². The Morgan fingerprint density at radius 3 is 2.55 bits per heavy atom. The van der Waals surface area contributed by atoms with E-state index in [0.717, 1.165) is 37.9 Å². The molecule has 0 amide bonds. The molecule has 0 aromatic heterocycles. The van der Waals surface area contributed by atoms with E-state index in [4.69, 9.17) is 27.1 Å². The maximum atomic E-state index is 11.8. The van der Waals surface area contributed by atoms with Crippen LogP contribution in [0.5, 0.6) is 5.75 Å². The van der Waals surface area contributed by atoms with E-state index in [-0.39, 0.29) is 18.0 Å².